The topological polar surface area (TPSA) is 107 Å². The van der Waals surface area contributed by atoms with Crippen LogP contribution in [-0.4, -0.2) is 62.2 Å². The van der Waals surface area contributed by atoms with Gasteiger partial charge < -0.3 is 20.2 Å². The number of anilines is 3. The molecule has 0 bridgehead atoms. The van der Waals surface area contributed by atoms with Crippen molar-refractivity contribution in [3.8, 4) is 11.4 Å². The lowest BCUT2D eigenvalue weighted by molar-refractivity contribution is 0.142. The lowest BCUT2D eigenvalue weighted by atomic mass is 10.2. The summed E-state index contributed by atoms with van der Waals surface area (Å²) >= 11 is 6.46. The zero-order valence-electron chi connectivity index (χ0n) is 17.8. The highest BCUT2D eigenvalue weighted by molar-refractivity contribution is 6.36. The molecule has 0 aliphatic carbocycles. The van der Waals surface area contributed by atoms with Gasteiger partial charge in [0.15, 0.2) is 5.82 Å². The molecule has 1 aromatic carbocycles. The van der Waals surface area contributed by atoms with Crippen LogP contribution in [0, 0.1) is 5.82 Å². The molecule has 3 aromatic heterocycles. The summed E-state index contributed by atoms with van der Waals surface area (Å²) in [5, 5.41) is 13.3. The fourth-order valence-electron chi connectivity index (χ4n) is 3.83. The molecule has 9 nitrogen and oxygen atoms in total. The Morgan fingerprint density at radius 2 is 1.88 bits per heavy atom. The molecular formula is C23H19ClFN7O2. The van der Waals surface area contributed by atoms with Crippen molar-refractivity contribution in [3.05, 3.63) is 65.8 Å². The van der Waals surface area contributed by atoms with E-state index in [9.17, 15) is 14.3 Å². The van der Waals surface area contributed by atoms with Gasteiger partial charge in [-0.2, -0.15) is 0 Å². The van der Waals surface area contributed by atoms with Crippen LogP contribution >= 0.6 is 11.6 Å². The lowest BCUT2D eigenvalue weighted by Gasteiger charge is -2.34. The van der Waals surface area contributed by atoms with Gasteiger partial charge in [0, 0.05) is 44.1 Å². The van der Waals surface area contributed by atoms with Crippen LogP contribution in [-0.2, 0) is 0 Å². The van der Waals surface area contributed by atoms with Crippen molar-refractivity contribution in [2.45, 2.75) is 0 Å². The molecule has 172 valence electrons. The number of hydrogen-bond acceptors (Lipinski definition) is 7. The second-order valence-corrected chi connectivity index (χ2v) is 8.08. The molecule has 0 radical (unpaired) electrons. The molecule has 34 heavy (non-hydrogen) atoms. The van der Waals surface area contributed by atoms with Crippen molar-refractivity contribution in [2.24, 2.45) is 0 Å². The average molecular weight is 480 g/mol. The number of halogens is 2. The van der Waals surface area contributed by atoms with Crippen LogP contribution in [0.1, 0.15) is 0 Å². The second-order valence-electron chi connectivity index (χ2n) is 7.68. The molecular weight excluding hydrogens is 461 g/mol. The van der Waals surface area contributed by atoms with Crippen molar-refractivity contribution in [1.82, 2.24) is 24.8 Å². The van der Waals surface area contributed by atoms with Crippen molar-refractivity contribution in [1.29, 1.82) is 0 Å². The van der Waals surface area contributed by atoms with E-state index < -0.39 is 6.09 Å². The van der Waals surface area contributed by atoms with Gasteiger partial charge in [-0.15, -0.1) is 0 Å². The van der Waals surface area contributed by atoms with Gasteiger partial charge in [0.25, 0.3) is 0 Å². The number of fused-ring (bicyclic) bond motifs is 1. The highest BCUT2D eigenvalue weighted by atomic mass is 35.5. The third kappa shape index (κ3) is 4.27. The number of carbonyl (C=O) groups is 1. The van der Waals surface area contributed by atoms with Crippen LogP contribution in [0.5, 0.6) is 0 Å². The number of rotatable bonds is 4. The van der Waals surface area contributed by atoms with Gasteiger partial charge >= 0.3 is 6.09 Å². The van der Waals surface area contributed by atoms with Gasteiger partial charge in [-0.25, -0.2) is 24.1 Å². The first-order valence-corrected chi connectivity index (χ1v) is 10.9. The van der Waals surface area contributed by atoms with Crippen LogP contribution in [0.3, 0.4) is 0 Å². The summed E-state index contributed by atoms with van der Waals surface area (Å²) in [6.07, 6.45) is 3.80. The molecule has 1 fully saturated rings. The number of para-hydroxylation sites is 1. The molecule has 1 amide bonds. The fraction of sp³-hybridized carbons (Fsp3) is 0.174. The predicted octanol–water partition coefficient (Wildman–Crippen LogP) is 4.42. The maximum absolute atomic E-state index is 14.1. The third-order valence-corrected chi connectivity index (χ3v) is 5.83. The summed E-state index contributed by atoms with van der Waals surface area (Å²) in [4.78, 5) is 32.6. The SMILES string of the molecule is O=C(O)N1CCN(c2nc(-c3ccnc(Nc4ccccc4F)c3)nc3cncc(Cl)c23)CC1. The Morgan fingerprint density at radius 1 is 1.09 bits per heavy atom. The molecule has 4 aromatic rings. The van der Waals surface area contributed by atoms with Crippen LogP contribution in [0.2, 0.25) is 5.02 Å². The largest absolute Gasteiger partial charge is 0.465 e. The molecule has 1 aliphatic rings. The summed E-state index contributed by atoms with van der Waals surface area (Å²) < 4.78 is 14.1. The summed E-state index contributed by atoms with van der Waals surface area (Å²) in [5.74, 6) is 1.08. The van der Waals surface area contributed by atoms with Gasteiger partial charge in [-0.1, -0.05) is 23.7 Å². The number of amides is 1. The van der Waals surface area contributed by atoms with E-state index in [1.54, 1.807) is 42.7 Å². The smallest absolute Gasteiger partial charge is 0.407 e. The van der Waals surface area contributed by atoms with Gasteiger partial charge in [0.1, 0.15) is 17.5 Å². The second kappa shape index (κ2) is 9.06. The van der Waals surface area contributed by atoms with E-state index >= 15 is 0 Å². The zero-order valence-corrected chi connectivity index (χ0v) is 18.6. The number of aromatic nitrogens is 4. The predicted molar refractivity (Wildman–Crippen MR) is 127 cm³/mol. The van der Waals surface area contributed by atoms with E-state index in [2.05, 4.69) is 20.3 Å². The average Bonchev–Trinajstić information content (AvgIpc) is 2.85. The van der Waals surface area contributed by atoms with Gasteiger partial charge in [0.05, 0.1) is 27.8 Å². The summed E-state index contributed by atoms with van der Waals surface area (Å²) in [7, 11) is 0. The number of piperazine rings is 1. The molecule has 1 aliphatic heterocycles. The standard InChI is InChI=1S/C23H19ClFN7O2/c24-15-12-26-13-18-20(15)22(31-7-9-32(10-8-31)23(33)34)30-21(29-18)14-5-6-27-19(11-14)28-17-4-2-1-3-16(17)25/h1-6,11-13H,7-10H2,(H,27,28)(H,33,34). The van der Waals surface area contributed by atoms with Gasteiger partial charge in [-0.05, 0) is 24.3 Å². The third-order valence-electron chi connectivity index (χ3n) is 5.55. The Hall–Kier alpha value is -4.05. The molecule has 0 spiro atoms. The zero-order chi connectivity index (χ0) is 23.7. The highest BCUT2D eigenvalue weighted by Gasteiger charge is 2.24. The number of carboxylic acid groups (broad SMARTS) is 1. The summed E-state index contributed by atoms with van der Waals surface area (Å²) in [6, 6.07) is 9.83. The molecule has 11 heteroatoms. The van der Waals surface area contributed by atoms with Crippen molar-refractivity contribution in [3.63, 3.8) is 0 Å². The first-order valence-electron chi connectivity index (χ1n) is 10.5. The number of nitrogens with one attached hydrogen (secondary N) is 1. The Bertz CT molecular complexity index is 1380. The normalized spacial score (nSPS) is 13.8. The lowest BCUT2D eigenvalue weighted by Crippen LogP contribution is -2.48. The van der Waals surface area contributed by atoms with Gasteiger partial charge in [0.2, 0.25) is 0 Å². The first-order chi connectivity index (χ1) is 16.5. The Balaban J connectivity index is 1.54. The Morgan fingerprint density at radius 3 is 2.65 bits per heavy atom. The van der Waals surface area contributed by atoms with E-state index in [4.69, 9.17) is 16.6 Å². The molecule has 2 N–H and O–H groups in total. The summed E-state index contributed by atoms with van der Waals surface area (Å²) in [6.45, 7) is 1.63. The molecule has 0 unspecified atom stereocenters. The van der Waals surface area contributed by atoms with E-state index in [0.717, 1.165) is 0 Å². The van der Waals surface area contributed by atoms with E-state index in [1.807, 2.05) is 4.90 Å². The highest BCUT2D eigenvalue weighted by Crippen LogP contribution is 2.33. The maximum Gasteiger partial charge on any atom is 0.407 e. The van der Waals surface area contributed by atoms with E-state index in [0.29, 0.717) is 70.8 Å². The van der Waals surface area contributed by atoms with Crippen molar-refractivity contribution in [2.75, 3.05) is 36.4 Å². The van der Waals surface area contributed by atoms with Crippen molar-refractivity contribution < 1.29 is 14.3 Å². The fourth-order valence-corrected chi connectivity index (χ4v) is 4.07. The molecule has 0 saturated carbocycles. The van der Waals surface area contributed by atoms with Crippen LogP contribution < -0.4 is 10.2 Å². The number of hydrogen-bond donors (Lipinski definition) is 2. The first kappa shape index (κ1) is 21.8. The maximum atomic E-state index is 14.1. The Labute approximate surface area is 198 Å². The monoisotopic (exact) mass is 479 g/mol. The molecule has 4 heterocycles. The van der Waals surface area contributed by atoms with Crippen LogP contribution in [0.15, 0.2) is 55.0 Å². The molecule has 0 atom stereocenters. The van der Waals surface area contributed by atoms with Crippen LogP contribution in [0.25, 0.3) is 22.3 Å². The van der Waals surface area contributed by atoms with E-state index in [-0.39, 0.29) is 5.82 Å². The Kier molecular flexibility index (Phi) is 5.81. The minimum absolute atomic E-state index is 0.305. The minimum atomic E-state index is -0.943. The molecule has 5 rings (SSSR count). The van der Waals surface area contributed by atoms with Gasteiger partial charge in [-0.3, -0.25) is 4.98 Å². The van der Waals surface area contributed by atoms with E-state index in [1.165, 1.54) is 17.2 Å². The number of benzene rings is 1. The summed E-state index contributed by atoms with van der Waals surface area (Å²) in [5.41, 5.74) is 1.54. The van der Waals surface area contributed by atoms with Crippen LogP contribution in [0.4, 0.5) is 26.5 Å². The molecule has 1 saturated heterocycles. The number of pyridine rings is 2. The quantitative estimate of drug-likeness (QED) is 0.443. The van der Waals surface area contributed by atoms with Crippen molar-refractivity contribution >= 4 is 45.9 Å². The number of nitrogens with zero attached hydrogens (tertiary/aromatic N) is 6. The minimum Gasteiger partial charge on any atom is -0.465 e.